The van der Waals surface area contributed by atoms with E-state index < -0.39 is 5.97 Å². The minimum absolute atomic E-state index is 0.216. The second-order valence-corrected chi connectivity index (χ2v) is 4.42. The fourth-order valence-corrected chi connectivity index (χ4v) is 1.39. The SMILES string of the molecule is C=CCN(CC(=O)O)C(=O)NCCCCOC(C)C. The molecule has 0 aliphatic carbocycles. The third kappa shape index (κ3) is 10.1. The van der Waals surface area contributed by atoms with Crippen molar-refractivity contribution in [2.45, 2.75) is 32.8 Å². The first-order valence-electron chi connectivity index (χ1n) is 6.44. The molecule has 6 heteroatoms. The van der Waals surface area contributed by atoms with Crippen LogP contribution in [0, 0.1) is 0 Å². The number of urea groups is 1. The second-order valence-electron chi connectivity index (χ2n) is 4.42. The van der Waals surface area contributed by atoms with Crippen LogP contribution in [0.5, 0.6) is 0 Å². The van der Waals surface area contributed by atoms with Gasteiger partial charge in [0.2, 0.25) is 0 Å². The maximum Gasteiger partial charge on any atom is 0.323 e. The molecule has 110 valence electrons. The van der Waals surface area contributed by atoms with Crippen LogP contribution < -0.4 is 5.32 Å². The number of hydrogen-bond donors (Lipinski definition) is 2. The van der Waals surface area contributed by atoms with Crippen molar-refractivity contribution in [3.63, 3.8) is 0 Å². The molecule has 0 radical (unpaired) electrons. The summed E-state index contributed by atoms with van der Waals surface area (Å²) in [5.41, 5.74) is 0. The Balaban J connectivity index is 3.80. The normalized spacial score (nSPS) is 10.3. The first-order chi connectivity index (χ1) is 8.97. The summed E-state index contributed by atoms with van der Waals surface area (Å²) >= 11 is 0. The second kappa shape index (κ2) is 10.4. The molecule has 0 heterocycles. The number of carbonyl (C=O) groups is 2. The molecule has 19 heavy (non-hydrogen) atoms. The summed E-state index contributed by atoms with van der Waals surface area (Å²) in [6.45, 7) is 8.51. The highest BCUT2D eigenvalue weighted by atomic mass is 16.5. The first kappa shape index (κ1) is 17.4. The zero-order valence-corrected chi connectivity index (χ0v) is 11.7. The van der Waals surface area contributed by atoms with E-state index in [1.165, 1.54) is 11.0 Å². The number of ether oxygens (including phenoxy) is 1. The van der Waals surface area contributed by atoms with Gasteiger partial charge in [0, 0.05) is 19.7 Å². The van der Waals surface area contributed by atoms with Crippen LogP contribution in [0.15, 0.2) is 12.7 Å². The van der Waals surface area contributed by atoms with E-state index in [9.17, 15) is 9.59 Å². The molecule has 6 nitrogen and oxygen atoms in total. The number of carbonyl (C=O) groups excluding carboxylic acids is 1. The Kier molecular flexibility index (Phi) is 9.52. The van der Waals surface area contributed by atoms with Crippen LogP contribution in [-0.2, 0) is 9.53 Å². The summed E-state index contributed by atoms with van der Waals surface area (Å²) in [5, 5.41) is 11.4. The number of aliphatic carboxylic acids is 1. The molecule has 2 N–H and O–H groups in total. The van der Waals surface area contributed by atoms with Gasteiger partial charge in [-0.15, -0.1) is 6.58 Å². The highest BCUT2D eigenvalue weighted by molar-refractivity contribution is 5.80. The van der Waals surface area contributed by atoms with Gasteiger partial charge in [-0.1, -0.05) is 6.08 Å². The fourth-order valence-electron chi connectivity index (χ4n) is 1.39. The van der Waals surface area contributed by atoms with Crippen molar-refractivity contribution in [2.75, 3.05) is 26.2 Å². The molecule has 0 rings (SSSR count). The van der Waals surface area contributed by atoms with Crippen molar-refractivity contribution < 1.29 is 19.4 Å². The van der Waals surface area contributed by atoms with Crippen LogP contribution in [0.3, 0.4) is 0 Å². The highest BCUT2D eigenvalue weighted by Crippen LogP contribution is 1.95. The minimum atomic E-state index is -1.04. The van der Waals surface area contributed by atoms with E-state index in [0.29, 0.717) is 13.2 Å². The van der Waals surface area contributed by atoms with Crippen molar-refractivity contribution in [3.05, 3.63) is 12.7 Å². The van der Waals surface area contributed by atoms with Gasteiger partial charge in [-0.05, 0) is 26.7 Å². The lowest BCUT2D eigenvalue weighted by atomic mass is 10.3. The monoisotopic (exact) mass is 272 g/mol. The highest BCUT2D eigenvalue weighted by Gasteiger charge is 2.14. The van der Waals surface area contributed by atoms with Gasteiger partial charge in [-0.3, -0.25) is 4.79 Å². The molecular formula is C13H24N2O4. The topological polar surface area (TPSA) is 78.9 Å². The molecule has 0 aromatic carbocycles. The molecule has 0 saturated carbocycles. The van der Waals surface area contributed by atoms with Gasteiger partial charge in [-0.25, -0.2) is 4.79 Å². The van der Waals surface area contributed by atoms with E-state index in [1.54, 1.807) is 0 Å². The van der Waals surface area contributed by atoms with E-state index in [4.69, 9.17) is 9.84 Å². The summed E-state index contributed by atoms with van der Waals surface area (Å²) in [5.74, 6) is -1.04. The quantitative estimate of drug-likeness (QED) is 0.466. The van der Waals surface area contributed by atoms with Crippen molar-refractivity contribution in [2.24, 2.45) is 0 Å². The Morgan fingerprint density at radius 3 is 2.63 bits per heavy atom. The van der Waals surface area contributed by atoms with Crippen molar-refractivity contribution in [1.29, 1.82) is 0 Å². The lowest BCUT2D eigenvalue weighted by molar-refractivity contribution is -0.137. The number of nitrogens with one attached hydrogen (secondary N) is 1. The number of carboxylic acid groups (broad SMARTS) is 1. The van der Waals surface area contributed by atoms with Gasteiger partial charge in [0.05, 0.1) is 6.10 Å². The van der Waals surface area contributed by atoms with E-state index in [1.807, 2.05) is 13.8 Å². The van der Waals surface area contributed by atoms with Crippen LogP contribution in [0.1, 0.15) is 26.7 Å². The van der Waals surface area contributed by atoms with Crippen LogP contribution in [-0.4, -0.2) is 54.4 Å². The average Bonchev–Trinajstić information content (AvgIpc) is 2.31. The number of nitrogens with zero attached hydrogens (tertiary/aromatic N) is 1. The molecule has 0 aromatic heterocycles. The van der Waals surface area contributed by atoms with Crippen LogP contribution >= 0.6 is 0 Å². The van der Waals surface area contributed by atoms with Crippen molar-refractivity contribution in [1.82, 2.24) is 10.2 Å². The Morgan fingerprint density at radius 1 is 1.42 bits per heavy atom. The Hall–Kier alpha value is -1.56. The smallest absolute Gasteiger partial charge is 0.323 e. The maximum absolute atomic E-state index is 11.7. The fraction of sp³-hybridized carbons (Fsp3) is 0.692. The predicted octanol–water partition coefficient (Wildman–Crippen LogP) is 1.47. The molecule has 0 saturated heterocycles. The van der Waals surface area contributed by atoms with Crippen molar-refractivity contribution >= 4 is 12.0 Å². The van der Waals surface area contributed by atoms with Gasteiger partial charge >= 0.3 is 12.0 Å². The van der Waals surface area contributed by atoms with E-state index >= 15 is 0 Å². The van der Waals surface area contributed by atoms with Crippen LogP contribution in [0.4, 0.5) is 4.79 Å². The van der Waals surface area contributed by atoms with Gasteiger partial charge in [0.1, 0.15) is 6.54 Å². The van der Waals surface area contributed by atoms with Crippen molar-refractivity contribution in [3.8, 4) is 0 Å². The van der Waals surface area contributed by atoms with Crippen LogP contribution in [0.25, 0.3) is 0 Å². The van der Waals surface area contributed by atoms with E-state index in [-0.39, 0.29) is 25.2 Å². The molecular weight excluding hydrogens is 248 g/mol. The zero-order chi connectivity index (χ0) is 14.7. The van der Waals surface area contributed by atoms with Gasteiger partial charge in [0.25, 0.3) is 0 Å². The van der Waals surface area contributed by atoms with E-state index in [0.717, 1.165) is 12.8 Å². The molecule has 0 aromatic rings. The lowest BCUT2D eigenvalue weighted by Gasteiger charge is -2.19. The predicted molar refractivity (Wildman–Crippen MR) is 73.1 cm³/mol. The van der Waals surface area contributed by atoms with E-state index in [2.05, 4.69) is 11.9 Å². The summed E-state index contributed by atoms with van der Waals surface area (Å²) in [4.78, 5) is 23.5. The summed E-state index contributed by atoms with van der Waals surface area (Å²) in [6.07, 6.45) is 3.37. The molecule has 0 aliphatic heterocycles. The Bertz CT molecular complexity index is 292. The minimum Gasteiger partial charge on any atom is -0.480 e. The number of unbranched alkanes of at least 4 members (excludes halogenated alkanes) is 1. The number of amides is 2. The third-order valence-corrected chi connectivity index (χ3v) is 2.26. The molecule has 2 amide bonds. The van der Waals surface area contributed by atoms with Gasteiger partial charge < -0.3 is 20.1 Å². The zero-order valence-electron chi connectivity index (χ0n) is 11.7. The van der Waals surface area contributed by atoms with Crippen LogP contribution in [0.2, 0.25) is 0 Å². The molecule has 0 bridgehead atoms. The Labute approximate surface area is 114 Å². The Morgan fingerprint density at radius 2 is 2.11 bits per heavy atom. The standard InChI is InChI=1S/C13H24N2O4/c1-4-8-15(10-12(16)17)13(18)14-7-5-6-9-19-11(2)3/h4,11H,1,5-10H2,2-3H3,(H,14,18)(H,16,17). The number of carboxylic acids is 1. The molecule has 0 aliphatic rings. The number of hydrogen-bond acceptors (Lipinski definition) is 3. The average molecular weight is 272 g/mol. The lowest BCUT2D eigenvalue weighted by Crippen LogP contribution is -2.43. The third-order valence-electron chi connectivity index (χ3n) is 2.26. The molecule has 0 atom stereocenters. The molecule has 0 spiro atoms. The van der Waals surface area contributed by atoms with Gasteiger partial charge in [-0.2, -0.15) is 0 Å². The summed E-state index contributed by atoms with van der Waals surface area (Å²) in [7, 11) is 0. The molecule has 0 unspecified atom stereocenters. The first-order valence-corrected chi connectivity index (χ1v) is 6.44. The van der Waals surface area contributed by atoms with Gasteiger partial charge in [0.15, 0.2) is 0 Å². The number of rotatable bonds is 10. The summed E-state index contributed by atoms with van der Waals surface area (Å²) < 4.78 is 5.37. The maximum atomic E-state index is 11.7. The molecule has 0 fully saturated rings. The largest absolute Gasteiger partial charge is 0.480 e. The summed E-state index contributed by atoms with van der Waals surface area (Å²) in [6, 6.07) is -0.382.